The SMILES string of the molecule is Cc1ccc(C#CC2CCCC(NC(=O)c3ccccn3)C2)cc1. The molecule has 122 valence electrons. The van der Waals surface area contributed by atoms with E-state index in [2.05, 4.69) is 53.3 Å². The van der Waals surface area contributed by atoms with Crippen LogP contribution in [0, 0.1) is 24.7 Å². The van der Waals surface area contributed by atoms with Gasteiger partial charge in [-0.3, -0.25) is 9.78 Å². The molecule has 2 atom stereocenters. The average molecular weight is 318 g/mol. The van der Waals surface area contributed by atoms with Gasteiger partial charge >= 0.3 is 0 Å². The van der Waals surface area contributed by atoms with Gasteiger partial charge in [-0.2, -0.15) is 0 Å². The molecule has 1 fully saturated rings. The Morgan fingerprint density at radius 2 is 2.00 bits per heavy atom. The Morgan fingerprint density at radius 1 is 1.17 bits per heavy atom. The summed E-state index contributed by atoms with van der Waals surface area (Å²) in [4.78, 5) is 16.3. The molecule has 0 saturated heterocycles. The van der Waals surface area contributed by atoms with Crippen LogP contribution in [0.5, 0.6) is 0 Å². The van der Waals surface area contributed by atoms with Crippen LogP contribution in [0.4, 0.5) is 0 Å². The number of amides is 1. The predicted molar refractivity (Wildman–Crippen MR) is 95.5 cm³/mol. The van der Waals surface area contributed by atoms with Crippen LogP contribution in [0.1, 0.15) is 47.3 Å². The highest BCUT2D eigenvalue weighted by Gasteiger charge is 2.22. The van der Waals surface area contributed by atoms with Crippen molar-refractivity contribution in [1.82, 2.24) is 10.3 Å². The zero-order valence-corrected chi connectivity index (χ0v) is 14.0. The lowest BCUT2D eigenvalue weighted by molar-refractivity contribution is 0.0919. The summed E-state index contributed by atoms with van der Waals surface area (Å²) in [6.45, 7) is 2.08. The number of aryl methyl sites for hydroxylation is 1. The molecule has 1 aliphatic rings. The van der Waals surface area contributed by atoms with E-state index in [9.17, 15) is 4.79 Å². The summed E-state index contributed by atoms with van der Waals surface area (Å²) < 4.78 is 0. The second kappa shape index (κ2) is 7.79. The molecule has 2 aromatic rings. The number of hydrogen-bond donors (Lipinski definition) is 1. The molecule has 3 rings (SSSR count). The fourth-order valence-corrected chi connectivity index (χ4v) is 3.03. The van der Waals surface area contributed by atoms with Crippen LogP contribution in [0.2, 0.25) is 0 Å². The number of nitrogens with zero attached hydrogens (tertiary/aromatic N) is 1. The maximum absolute atomic E-state index is 12.2. The normalized spacial score (nSPS) is 19.9. The minimum atomic E-state index is -0.0901. The molecule has 0 radical (unpaired) electrons. The molecule has 1 amide bonds. The Hall–Kier alpha value is -2.60. The van der Waals surface area contributed by atoms with Gasteiger partial charge in [0.05, 0.1) is 0 Å². The van der Waals surface area contributed by atoms with E-state index in [0.29, 0.717) is 11.6 Å². The van der Waals surface area contributed by atoms with Crippen LogP contribution in [0.3, 0.4) is 0 Å². The van der Waals surface area contributed by atoms with E-state index >= 15 is 0 Å². The highest BCUT2D eigenvalue weighted by molar-refractivity contribution is 5.92. The molecular weight excluding hydrogens is 296 g/mol. The van der Waals surface area contributed by atoms with E-state index in [-0.39, 0.29) is 11.9 Å². The number of carbonyl (C=O) groups excluding carboxylic acids is 1. The van der Waals surface area contributed by atoms with E-state index in [4.69, 9.17) is 0 Å². The monoisotopic (exact) mass is 318 g/mol. The maximum Gasteiger partial charge on any atom is 0.270 e. The number of rotatable bonds is 2. The lowest BCUT2D eigenvalue weighted by Gasteiger charge is -2.26. The Labute approximate surface area is 143 Å². The third-order valence-corrected chi connectivity index (χ3v) is 4.38. The molecule has 1 aliphatic carbocycles. The largest absolute Gasteiger partial charge is 0.348 e. The summed E-state index contributed by atoms with van der Waals surface area (Å²) in [5.74, 6) is 6.91. The highest BCUT2D eigenvalue weighted by Crippen LogP contribution is 2.24. The molecule has 1 N–H and O–H groups in total. The molecule has 2 unspecified atom stereocenters. The van der Waals surface area contributed by atoms with E-state index in [1.807, 2.05) is 12.1 Å². The standard InChI is InChI=1S/C21H22N2O/c1-16-8-10-17(11-9-16)12-13-18-5-4-6-19(15-18)23-21(24)20-7-2-3-14-22-20/h2-3,7-11,14,18-19H,4-6,15H2,1H3,(H,23,24). The van der Waals surface area contributed by atoms with Crippen molar-refractivity contribution in [3.8, 4) is 11.8 Å². The third-order valence-electron chi connectivity index (χ3n) is 4.38. The van der Waals surface area contributed by atoms with Crippen molar-refractivity contribution in [2.75, 3.05) is 0 Å². The second-order valence-corrected chi connectivity index (χ2v) is 6.38. The zero-order chi connectivity index (χ0) is 16.8. The Bertz CT molecular complexity index is 741. The number of carbonyl (C=O) groups is 1. The minimum Gasteiger partial charge on any atom is -0.348 e. The van der Waals surface area contributed by atoms with Crippen LogP contribution < -0.4 is 5.32 Å². The first-order chi connectivity index (χ1) is 11.7. The van der Waals surface area contributed by atoms with Gasteiger partial charge in [-0.05, 0) is 50.5 Å². The first-order valence-corrected chi connectivity index (χ1v) is 8.51. The Morgan fingerprint density at radius 3 is 2.75 bits per heavy atom. The molecule has 0 bridgehead atoms. The summed E-state index contributed by atoms with van der Waals surface area (Å²) in [6.07, 6.45) is 5.78. The van der Waals surface area contributed by atoms with E-state index in [1.54, 1.807) is 12.3 Å². The lowest BCUT2D eigenvalue weighted by Crippen LogP contribution is -2.38. The number of nitrogens with one attached hydrogen (secondary N) is 1. The zero-order valence-electron chi connectivity index (χ0n) is 14.0. The van der Waals surface area contributed by atoms with Crippen LogP contribution in [-0.4, -0.2) is 16.9 Å². The van der Waals surface area contributed by atoms with Crippen LogP contribution in [-0.2, 0) is 0 Å². The summed E-state index contributed by atoms with van der Waals surface area (Å²) in [6, 6.07) is 13.9. The van der Waals surface area contributed by atoms with Crippen LogP contribution in [0.25, 0.3) is 0 Å². The average Bonchev–Trinajstić information content (AvgIpc) is 2.62. The van der Waals surface area contributed by atoms with Gasteiger partial charge in [0, 0.05) is 23.7 Å². The van der Waals surface area contributed by atoms with Gasteiger partial charge in [0.15, 0.2) is 0 Å². The lowest BCUT2D eigenvalue weighted by atomic mass is 9.86. The number of hydrogen-bond acceptors (Lipinski definition) is 2. The molecule has 24 heavy (non-hydrogen) atoms. The molecule has 1 heterocycles. The first-order valence-electron chi connectivity index (χ1n) is 8.51. The molecule has 3 nitrogen and oxygen atoms in total. The van der Waals surface area contributed by atoms with Gasteiger partial charge < -0.3 is 5.32 Å². The second-order valence-electron chi connectivity index (χ2n) is 6.38. The summed E-state index contributed by atoms with van der Waals surface area (Å²) in [5, 5.41) is 3.10. The fraction of sp³-hybridized carbons (Fsp3) is 0.333. The van der Waals surface area contributed by atoms with Crippen molar-refractivity contribution in [3.63, 3.8) is 0 Å². The van der Waals surface area contributed by atoms with Crippen LogP contribution >= 0.6 is 0 Å². The molecular formula is C21H22N2O. The van der Waals surface area contributed by atoms with Crippen molar-refractivity contribution in [2.45, 2.75) is 38.6 Å². The number of benzene rings is 1. The summed E-state index contributed by atoms with van der Waals surface area (Å²) >= 11 is 0. The van der Waals surface area contributed by atoms with Crippen molar-refractivity contribution in [2.24, 2.45) is 5.92 Å². The summed E-state index contributed by atoms with van der Waals surface area (Å²) in [7, 11) is 0. The molecule has 1 saturated carbocycles. The van der Waals surface area contributed by atoms with Gasteiger partial charge in [0.25, 0.3) is 5.91 Å². The molecule has 0 spiro atoms. The smallest absolute Gasteiger partial charge is 0.270 e. The van der Waals surface area contributed by atoms with Crippen LogP contribution in [0.15, 0.2) is 48.7 Å². The van der Waals surface area contributed by atoms with Crippen molar-refractivity contribution in [3.05, 3.63) is 65.5 Å². The topological polar surface area (TPSA) is 42.0 Å². The fourth-order valence-electron chi connectivity index (χ4n) is 3.03. The van der Waals surface area contributed by atoms with Crippen molar-refractivity contribution >= 4 is 5.91 Å². The van der Waals surface area contributed by atoms with E-state index in [1.165, 1.54) is 5.56 Å². The predicted octanol–water partition coefficient (Wildman–Crippen LogP) is 3.73. The van der Waals surface area contributed by atoms with Gasteiger partial charge in [-0.15, -0.1) is 0 Å². The Balaban J connectivity index is 1.58. The third kappa shape index (κ3) is 4.45. The Kier molecular flexibility index (Phi) is 5.28. The minimum absolute atomic E-state index is 0.0901. The maximum atomic E-state index is 12.2. The molecule has 1 aromatic heterocycles. The number of pyridine rings is 1. The van der Waals surface area contributed by atoms with Gasteiger partial charge in [0.2, 0.25) is 0 Å². The van der Waals surface area contributed by atoms with Gasteiger partial charge in [-0.25, -0.2) is 0 Å². The van der Waals surface area contributed by atoms with Gasteiger partial charge in [0.1, 0.15) is 5.69 Å². The number of aromatic nitrogens is 1. The highest BCUT2D eigenvalue weighted by atomic mass is 16.1. The first kappa shape index (κ1) is 16.3. The van der Waals surface area contributed by atoms with E-state index < -0.39 is 0 Å². The molecule has 3 heteroatoms. The molecule has 0 aliphatic heterocycles. The quantitative estimate of drug-likeness (QED) is 0.857. The van der Waals surface area contributed by atoms with Gasteiger partial charge in [-0.1, -0.05) is 42.0 Å². The molecule has 1 aromatic carbocycles. The van der Waals surface area contributed by atoms with E-state index in [0.717, 1.165) is 31.2 Å². The summed E-state index contributed by atoms with van der Waals surface area (Å²) in [5.41, 5.74) is 2.78. The van der Waals surface area contributed by atoms with Crippen molar-refractivity contribution < 1.29 is 4.79 Å². The van der Waals surface area contributed by atoms with Crippen molar-refractivity contribution in [1.29, 1.82) is 0 Å².